The van der Waals surface area contributed by atoms with E-state index in [0.717, 1.165) is 12.3 Å². The molecule has 4 heterocycles. The first kappa shape index (κ1) is 24.0. The highest BCUT2D eigenvalue weighted by molar-refractivity contribution is 5.93. The van der Waals surface area contributed by atoms with Crippen LogP contribution in [0.4, 0.5) is 23.9 Å². The lowest BCUT2D eigenvalue weighted by atomic mass is 10.0. The van der Waals surface area contributed by atoms with Gasteiger partial charge >= 0.3 is 6.03 Å². The van der Waals surface area contributed by atoms with Crippen LogP contribution >= 0.6 is 0 Å². The number of hydrogen-bond acceptors (Lipinski definition) is 7. The molecule has 3 aliphatic heterocycles. The van der Waals surface area contributed by atoms with Gasteiger partial charge in [0.25, 0.3) is 5.91 Å². The van der Waals surface area contributed by atoms with Crippen molar-refractivity contribution in [1.29, 1.82) is 0 Å². The van der Waals surface area contributed by atoms with Crippen LogP contribution in [0.1, 0.15) is 28.5 Å². The van der Waals surface area contributed by atoms with E-state index >= 15 is 0 Å². The molecule has 3 aliphatic rings. The van der Waals surface area contributed by atoms with Gasteiger partial charge in [0.05, 0.1) is 18.3 Å². The number of carbonyl (C=O) groups excluding carboxylic acids is 2. The van der Waals surface area contributed by atoms with Gasteiger partial charge < -0.3 is 19.4 Å². The predicted molar refractivity (Wildman–Crippen MR) is 122 cm³/mol. The Balaban J connectivity index is 1.23. The first-order valence-electron chi connectivity index (χ1n) is 11.5. The van der Waals surface area contributed by atoms with Crippen LogP contribution in [-0.4, -0.2) is 95.4 Å². The maximum Gasteiger partial charge on any atom is 0.341 e. The number of ether oxygens (including phenoxy) is 1. The molecular formula is C23H24F3N7O3. The van der Waals surface area contributed by atoms with E-state index in [1.54, 1.807) is 23.1 Å². The van der Waals surface area contributed by atoms with Gasteiger partial charge in [0.2, 0.25) is 5.95 Å². The Morgan fingerprint density at radius 3 is 2.36 bits per heavy atom. The Morgan fingerprint density at radius 1 is 1.00 bits per heavy atom. The summed E-state index contributed by atoms with van der Waals surface area (Å²) in [5.74, 6) is -2.57. The van der Waals surface area contributed by atoms with Gasteiger partial charge in [0, 0.05) is 65.1 Å². The standard InChI is InChI=1S/C23H24F3N7O3/c1-36-17-12-32(13-17)21(34)20-18(26)11-27-22(29-20)30-4-6-31(7-5-30)23(35)33-19(2-3-28-33)14-8-15(24)10-16(25)9-14/h3,8-11,17,19H,2,4-7,12-13H2,1H3/t19-/m0/s1. The number of piperazine rings is 1. The van der Waals surface area contributed by atoms with Gasteiger partial charge in [-0.05, 0) is 17.7 Å². The summed E-state index contributed by atoms with van der Waals surface area (Å²) < 4.78 is 46.9. The fourth-order valence-electron chi connectivity index (χ4n) is 4.45. The number of aromatic nitrogens is 2. The normalized spacial score (nSPS) is 20.2. The summed E-state index contributed by atoms with van der Waals surface area (Å²) in [5.41, 5.74) is 0.0255. The molecule has 0 spiro atoms. The molecule has 36 heavy (non-hydrogen) atoms. The topological polar surface area (TPSA) is 94.5 Å². The number of hydrazone groups is 1. The molecular weight excluding hydrogens is 479 g/mol. The summed E-state index contributed by atoms with van der Waals surface area (Å²) in [6, 6.07) is 2.18. The van der Waals surface area contributed by atoms with Gasteiger partial charge in [-0.3, -0.25) is 4.79 Å². The number of carbonyl (C=O) groups is 2. The number of urea groups is 1. The van der Waals surface area contributed by atoms with Crippen LogP contribution in [-0.2, 0) is 4.74 Å². The largest absolute Gasteiger partial charge is 0.378 e. The fraction of sp³-hybridized carbons (Fsp3) is 0.435. The third-order valence-corrected chi connectivity index (χ3v) is 6.53. The van der Waals surface area contributed by atoms with E-state index in [2.05, 4.69) is 15.1 Å². The zero-order valence-electron chi connectivity index (χ0n) is 19.5. The summed E-state index contributed by atoms with van der Waals surface area (Å²) >= 11 is 0. The van der Waals surface area contributed by atoms with E-state index in [1.807, 2.05) is 0 Å². The molecule has 3 amide bonds. The number of anilines is 1. The molecule has 0 unspecified atom stereocenters. The van der Waals surface area contributed by atoms with Gasteiger partial charge in [0.15, 0.2) is 11.5 Å². The summed E-state index contributed by atoms with van der Waals surface area (Å²) in [6.45, 7) is 2.02. The molecule has 0 aliphatic carbocycles. The van der Waals surface area contributed by atoms with Gasteiger partial charge in [0.1, 0.15) is 11.6 Å². The van der Waals surface area contributed by atoms with Gasteiger partial charge in [-0.15, -0.1) is 0 Å². The van der Waals surface area contributed by atoms with Gasteiger partial charge in [-0.1, -0.05) is 0 Å². The monoisotopic (exact) mass is 503 g/mol. The van der Waals surface area contributed by atoms with Gasteiger partial charge in [-0.25, -0.2) is 32.9 Å². The second kappa shape index (κ2) is 9.72. The minimum Gasteiger partial charge on any atom is -0.378 e. The summed E-state index contributed by atoms with van der Waals surface area (Å²) in [7, 11) is 1.55. The predicted octanol–water partition coefficient (Wildman–Crippen LogP) is 2.04. The van der Waals surface area contributed by atoms with Crippen molar-refractivity contribution in [2.24, 2.45) is 5.10 Å². The number of likely N-dealkylation sites (tertiary alicyclic amines) is 1. The fourth-order valence-corrected chi connectivity index (χ4v) is 4.45. The Bertz CT molecular complexity index is 1180. The molecule has 2 fully saturated rings. The van der Waals surface area contributed by atoms with Crippen molar-refractivity contribution >= 4 is 24.1 Å². The Hall–Kier alpha value is -3.74. The minimum absolute atomic E-state index is 0.0663. The number of benzene rings is 1. The number of methoxy groups -OCH3 is 1. The van der Waals surface area contributed by atoms with E-state index < -0.39 is 29.4 Å². The minimum atomic E-state index is -0.801. The Kier molecular flexibility index (Phi) is 6.48. The molecule has 0 bridgehead atoms. The SMILES string of the molecule is COC1CN(C(=O)c2nc(N3CCN(C(=O)N4N=CC[C@H]4c4cc(F)cc(F)c4)CC3)ncc2F)C1. The molecule has 0 radical (unpaired) electrons. The van der Waals surface area contributed by atoms with Crippen molar-refractivity contribution in [3.8, 4) is 0 Å². The lowest BCUT2D eigenvalue weighted by Crippen LogP contribution is -2.55. The molecule has 5 rings (SSSR count). The maximum absolute atomic E-state index is 14.3. The molecule has 0 N–H and O–H groups in total. The number of amides is 3. The van der Waals surface area contributed by atoms with Gasteiger partial charge in [-0.2, -0.15) is 5.10 Å². The van der Waals surface area contributed by atoms with E-state index in [-0.39, 0.29) is 23.8 Å². The first-order chi connectivity index (χ1) is 17.3. The zero-order chi connectivity index (χ0) is 25.4. The molecule has 1 aromatic heterocycles. The highest BCUT2D eigenvalue weighted by Crippen LogP contribution is 2.30. The summed E-state index contributed by atoms with van der Waals surface area (Å²) in [5, 5.41) is 5.36. The van der Waals surface area contributed by atoms with E-state index in [4.69, 9.17) is 4.74 Å². The quantitative estimate of drug-likeness (QED) is 0.634. The van der Waals surface area contributed by atoms with Crippen LogP contribution in [0.3, 0.4) is 0 Å². The lowest BCUT2D eigenvalue weighted by Gasteiger charge is -2.38. The zero-order valence-corrected chi connectivity index (χ0v) is 19.5. The Morgan fingerprint density at radius 2 is 1.69 bits per heavy atom. The molecule has 13 heteroatoms. The van der Waals surface area contributed by atoms with E-state index in [9.17, 15) is 22.8 Å². The lowest BCUT2D eigenvalue weighted by molar-refractivity contribution is -0.0197. The average molecular weight is 503 g/mol. The smallest absolute Gasteiger partial charge is 0.341 e. The third kappa shape index (κ3) is 4.57. The molecule has 2 aromatic rings. The van der Waals surface area contributed by atoms with E-state index in [0.29, 0.717) is 51.3 Å². The molecule has 2 saturated heterocycles. The van der Waals surface area contributed by atoms with Crippen molar-refractivity contribution < 1.29 is 27.5 Å². The number of rotatable bonds is 4. The molecule has 0 saturated carbocycles. The third-order valence-electron chi connectivity index (χ3n) is 6.53. The Labute approximate surface area is 204 Å². The maximum atomic E-state index is 14.3. The highest BCUT2D eigenvalue weighted by Gasteiger charge is 2.35. The summed E-state index contributed by atoms with van der Waals surface area (Å²) in [4.78, 5) is 38.8. The average Bonchev–Trinajstić information content (AvgIpc) is 3.33. The molecule has 10 nitrogen and oxygen atoms in total. The van der Waals surface area contributed by atoms with Crippen molar-refractivity contribution in [2.75, 3.05) is 51.3 Å². The van der Waals surface area contributed by atoms with Crippen LogP contribution in [0.25, 0.3) is 0 Å². The van der Waals surface area contributed by atoms with Crippen LogP contribution < -0.4 is 4.90 Å². The second-order valence-corrected chi connectivity index (χ2v) is 8.79. The number of nitrogens with zero attached hydrogens (tertiary/aromatic N) is 7. The molecule has 1 atom stereocenters. The van der Waals surface area contributed by atoms with Crippen LogP contribution in [0.2, 0.25) is 0 Å². The van der Waals surface area contributed by atoms with Crippen LogP contribution in [0.15, 0.2) is 29.5 Å². The summed E-state index contributed by atoms with van der Waals surface area (Å²) in [6.07, 6.45) is 2.79. The van der Waals surface area contributed by atoms with Crippen LogP contribution in [0, 0.1) is 17.5 Å². The van der Waals surface area contributed by atoms with Crippen LogP contribution in [0.5, 0.6) is 0 Å². The van der Waals surface area contributed by atoms with E-state index in [1.165, 1.54) is 22.0 Å². The first-order valence-corrected chi connectivity index (χ1v) is 11.5. The van der Waals surface area contributed by atoms with Crippen molar-refractivity contribution in [2.45, 2.75) is 18.6 Å². The van der Waals surface area contributed by atoms with Crippen molar-refractivity contribution in [1.82, 2.24) is 24.8 Å². The molecule has 1 aromatic carbocycles. The molecule has 190 valence electrons. The highest BCUT2D eigenvalue weighted by atomic mass is 19.1. The number of halogens is 3. The second-order valence-electron chi connectivity index (χ2n) is 8.79. The van der Waals surface area contributed by atoms with Crippen molar-refractivity contribution in [3.05, 3.63) is 53.1 Å². The number of hydrogen-bond donors (Lipinski definition) is 0. The van der Waals surface area contributed by atoms with Crippen molar-refractivity contribution in [3.63, 3.8) is 0 Å².